The van der Waals surface area contributed by atoms with Crippen LogP contribution in [0, 0.1) is 11.6 Å². The predicted molar refractivity (Wildman–Crippen MR) is 88.8 cm³/mol. The van der Waals surface area contributed by atoms with Gasteiger partial charge in [-0.15, -0.1) is 0 Å². The van der Waals surface area contributed by atoms with Gasteiger partial charge in [0.2, 0.25) is 0 Å². The maximum Gasteiger partial charge on any atom is 0.278 e. The number of fused-ring (bicyclic) bond motifs is 3. The van der Waals surface area contributed by atoms with E-state index < -0.39 is 17.5 Å². The van der Waals surface area contributed by atoms with Gasteiger partial charge in [0.05, 0.1) is 5.69 Å². The molecule has 0 spiro atoms. The van der Waals surface area contributed by atoms with Crippen LogP contribution in [-0.2, 0) is 17.8 Å². The summed E-state index contributed by atoms with van der Waals surface area (Å²) in [5.41, 5.74) is 4.18. The molecule has 0 atom stereocenters. The van der Waals surface area contributed by atoms with Gasteiger partial charge in [0, 0.05) is 18.7 Å². The van der Waals surface area contributed by atoms with E-state index >= 15 is 0 Å². The van der Waals surface area contributed by atoms with Crippen LogP contribution < -0.4 is 5.32 Å². The SMILES string of the molecule is CN1CCc2c(-c3ccc(F)c(F)c3)cc3c(c2C1)NC(=O)/C3=N\O. The number of anilines is 1. The molecule has 0 fully saturated rings. The average Bonchev–Trinajstić information content (AvgIpc) is 2.92. The zero-order valence-electron chi connectivity index (χ0n) is 13.4. The molecule has 2 aliphatic rings. The van der Waals surface area contributed by atoms with Crippen LogP contribution in [0.25, 0.3) is 11.1 Å². The number of nitrogens with zero attached hydrogens (tertiary/aromatic N) is 2. The normalized spacial score (nSPS) is 18.2. The minimum atomic E-state index is -0.926. The maximum absolute atomic E-state index is 13.7. The first-order valence-electron chi connectivity index (χ1n) is 7.86. The van der Waals surface area contributed by atoms with Gasteiger partial charge in [-0.2, -0.15) is 0 Å². The average molecular weight is 343 g/mol. The third-order valence-electron chi connectivity index (χ3n) is 4.76. The van der Waals surface area contributed by atoms with E-state index in [0.29, 0.717) is 23.4 Å². The molecule has 0 aromatic heterocycles. The van der Waals surface area contributed by atoms with Crippen molar-refractivity contribution in [1.82, 2.24) is 4.90 Å². The molecule has 128 valence electrons. The number of oxime groups is 1. The molecule has 7 heteroatoms. The molecule has 1 amide bonds. The molecule has 0 unspecified atom stereocenters. The second kappa shape index (κ2) is 5.63. The molecular weight excluding hydrogens is 328 g/mol. The molecule has 0 saturated heterocycles. The fraction of sp³-hybridized carbons (Fsp3) is 0.222. The number of hydrogen-bond donors (Lipinski definition) is 2. The predicted octanol–water partition coefficient (Wildman–Crippen LogP) is 2.75. The van der Waals surface area contributed by atoms with E-state index in [9.17, 15) is 18.8 Å². The van der Waals surface area contributed by atoms with Crippen molar-refractivity contribution >= 4 is 17.3 Å². The number of carbonyl (C=O) groups is 1. The Bertz CT molecular complexity index is 940. The molecule has 0 bridgehead atoms. The summed E-state index contributed by atoms with van der Waals surface area (Å²) in [6, 6.07) is 5.46. The number of carbonyl (C=O) groups excluding carboxylic acids is 1. The fourth-order valence-corrected chi connectivity index (χ4v) is 3.54. The van der Waals surface area contributed by atoms with Gasteiger partial charge in [-0.1, -0.05) is 11.2 Å². The molecule has 2 N–H and O–H groups in total. The van der Waals surface area contributed by atoms with Crippen LogP contribution in [0.1, 0.15) is 16.7 Å². The lowest BCUT2D eigenvalue weighted by Crippen LogP contribution is -2.27. The summed E-state index contributed by atoms with van der Waals surface area (Å²) >= 11 is 0. The highest BCUT2D eigenvalue weighted by Gasteiger charge is 2.33. The molecule has 0 radical (unpaired) electrons. The molecule has 2 aliphatic heterocycles. The van der Waals surface area contributed by atoms with Crippen molar-refractivity contribution in [2.75, 3.05) is 18.9 Å². The van der Waals surface area contributed by atoms with E-state index in [2.05, 4.69) is 15.4 Å². The fourth-order valence-electron chi connectivity index (χ4n) is 3.54. The molecule has 0 aliphatic carbocycles. The minimum Gasteiger partial charge on any atom is -0.410 e. The number of benzene rings is 2. The van der Waals surface area contributed by atoms with E-state index in [-0.39, 0.29) is 5.71 Å². The van der Waals surface area contributed by atoms with E-state index in [1.165, 1.54) is 6.07 Å². The monoisotopic (exact) mass is 343 g/mol. The summed E-state index contributed by atoms with van der Waals surface area (Å²) in [5.74, 6) is -2.31. The van der Waals surface area contributed by atoms with Crippen molar-refractivity contribution in [3.63, 3.8) is 0 Å². The molecule has 4 rings (SSSR count). The Morgan fingerprint density at radius 3 is 2.68 bits per heavy atom. The number of likely N-dealkylation sites (N-methyl/N-ethyl adjacent to an activating group) is 1. The summed E-state index contributed by atoms with van der Waals surface area (Å²) in [6.07, 6.45) is 0.717. The summed E-state index contributed by atoms with van der Waals surface area (Å²) < 4.78 is 27.0. The molecule has 5 nitrogen and oxygen atoms in total. The van der Waals surface area contributed by atoms with E-state index in [1.807, 2.05) is 7.05 Å². The van der Waals surface area contributed by atoms with Crippen molar-refractivity contribution in [1.29, 1.82) is 0 Å². The highest BCUT2D eigenvalue weighted by Crippen LogP contribution is 2.40. The molecule has 25 heavy (non-hydrogen) atoms. The Morgan fingerprint density at radius 2 is 1.96 bits per heavy atom. The van der Waals surface area contributed by atoms with E-state index in [0.717, 1.165) is 41.8 Å². The highest BCUT2D eigenvalue weighted by molar-refractivity contribution is 6.54. The van der Waals surface area contributed by atoms with Crippen molar-refractivity contribution < 1.29 is 18.8 Å². The topological polar surface area (TPSA) is 64.9 Å². The van der Waals surface area contributed by atoms with E-state index in [1.54, 1.807) is 6.07 Å². The second-order valence-corrected chi connectivity index (χ2v) is 6.32. The number of rotatable bonds is 1. The van der Waals surface area contributed by atoms with Gasteiger partial charge in [-0.25, -0.2) is 8.78 Å². The number of hydrogen-bond acceptors (Lipinski definition) is 4. The third-order valence-corrected chi connectivity index (χ3v) is 4.76. The van der Waals surface area contributed by atoms with Crippen LogP contribution in [0.4, 0.5) is 14.5 Å². The van der Waals surface area contributed by atoms with Gasteiger partial charge < -0.3 is 15.4 Å². The second-order valence-electron chi connectivity index (χ2n) is 6.32. The van der Waals surface area contributed by atoms with Crippen molar-refractivity contribution in [3.05, 3.63) is 52.6 Å². The first kappa shape index (κ1) is 15.7. The molecule has 2 aromatic carbocycles. The largest absolute Gasteiger partial charge is 0.410 e. The van der Waals surface area contributed by atoms with Crippen molar-refractivity contribution in [2.45, 2.75) is 13.0 Å². The van der Waals surface area contributed by atoms with E-state index in [4.69, 9.17) is 0 Å². The zero-order valence-corrected chi connectivity index (χ0v) is 13.4. The lowest BCUT2D eigenvalue weighted by Gasteiger charge is -2.29. The Balaban J connectivity index is 1.99. The highest BCUT2D eigenvalue weighted by atomic mass is 19.2. The third kappa shape index (κ3) is 2.39. The van der Waals surface area contributed by atoms with Crippen LogP contribution in [0.15, 0.2) is 29.4 Å². The van der Waals surface area contributed by atoms with Crippen LogP contribution >= 0.6 is 0 Å². The number of nitrogens with one attached hydrogen (secondary N) is 1. The maximum atomic E-state index is 13.7. The Kier molecular flexibility index (Phi) is 3.54. The smallest absolute Gasteiger partial charge is 0.278 e. The zero-order chi connectivity index (χ0) is 17.7. The van der Waals surface area contributed by atoms with Gasteiger partial charge in [-0.3, -0.25) is 4.79 Å². The van der Waals surface area contributed by atoms with Crippen molar-refractivity contribution in [3.8, 4) is 11.1 Å². The Labute approximate surface area is 142 Å². The van der Waals surface area contributed by atoms with Gasteiger partial charge >= 0.3 is 0 Å². The van der Waals surface area contributed by atoms with Crippen molar-refractivity contribution in [2.24, 2.45) is 5.16 Å². The van der Waals surface area contributed by atoms with Gasteiger partial charge in [0.25, 0.3) is 5.91 Å². The summed E-state index contributed by atoms with van der Waals surface area (Å²) in [6.45, 7) is 1.42. The summed E-state index contributed by atoms with van der Waals surface area (Å²) in [7, 11) is 1.97. The standard InChI is InChI=1S/C18H15F2N3O2/c1-23-5-4-10-11(9-2-3-14(19)15(20)6-9)7-12-16(13(10)8-23)21-18(24)17(12)22-25/h2-3,6-7,25H,4-5,8H2,1H3,(H,21,22,24). The van der Waals surface area contributed by atoms with Gasteiger partial charge in [-0.05, 0) is 53.9 Å². The first-order valence-corrected chi connectivity index (χ1v) is 7.86. The van der Waals surface area contributed by atoms with Gasteiger partial charge in [0.1, 0.15) is 0 Å². The first-order chi connectivity index (χ1) is 12.0. The molecule has 2 heterocycles. The quantitative estimate of drug-likeness (QED) is 0.618. The summed E-state index contributed by atoms with van der Waals surface area (Å²) in [4.78, 5) is 14.2. The molecular formula is C18H15F2N3O2. The lowest BCUT2D eigenvalue weighted by molar-refractivity contribution is -0.110. The van der Waals surface area contributed by atoms with Crippen LogP contribution in [0.5, 0.6) is 0 Å². The van der Waals surface area contributed by atoms with Gasteiger partial charge in [0.15, 0.2) is 17.3 Å². The number of amides is 1. The van der Waals surface area contributed by atoms with Crippen LogP contribution in [0.2, 0.25) is 0 Å². The molecule has 2 aromatic rings. The lowest BCUT2D eigenvalue weighted by atomic mass is 9.87. The number of halogens is 2. The van der Waals surface area contributed by atoms with Crippen LogP contribution in [-0.4, -0.2) is 35.3 Å². The Morgan fingerprint density at radius 1 is 1.16 bits per heavy atom. The summed E-state index contributed by atoms with van der Waals surface area (Å²) in [5, 5.41) is 15.0. The minimum absolute atomic E-state index is 0.0742. The van der Waals surface area contributed by atoms with Crippen LogP contribution in [0.3, 0.4) is 0 Å². The Hall–Kier alpha value is -2.80. The molecule has 0 saturated carbocycles.